The molecule has 7 N–H and O–H groups in total. The first kappa shape index (κ1) is 23.0. The third kappa shape index (κ3) is 10.8. The predicted octanol–water partition coefficient (Wildman–Crippen LogP) is -1.29. The van der Waals surface area contributed by atoms with Crippen LogP contribution in [0, 0.1) is 0 Å². The molecule has 1 saturated heterocycles. The Morgan fingerprint density at radius 2 is 1.35 bits per heavy atom. The fourth-order valence-electron chi connectivity index (χ4n) is 2.94. The number of Topliss-reactive ketones (excluding diaryl/α,β-unsaturated/α-hetero) is 1. The Labute approximate surface area is 157 Å². The molecule has 1 rings (SSSR count). The zero-order chi connectivity index (χ0) is 19.5. The monoisotopic (exact) mass is 370 g/mol. The molecule has 0 atom stereocenters. The first-order valence-electron chi connectivity index (χ1n) is 9.65. The summed E-state index contributed by atoms with van der Waals surface area (Å²) < 4.78 is 0. The predicted molar refractivity (Wildman–Crippen MR) is 105 cm³/mol. The summed E-state index contributed by atoms with van der Waals surface area (Å²) in [5.41, 5.74) is 5.60. The lowest BCUT2D eigenvalue weighted by atomic mass is 10.0. The Bertz CT molecular complexity index is 423. The van der Waals surface area contributed by atoms with Crippen LogP contribution in [0.15, 0.2) is 0 Å². The Hall–Kier alpha value is -1.06. The van der Waals surface area contributed by atoms with Crippen molar-refractivity contribution in [3.8, 4) is 0 Å². The number of carbonyl (C=O) groups excluding carboxylic acids is 2. The minimum absolute atomic E-state index is 0.00591. The summed E-state index contributed by atoms with van der Waals surface area (Å²) in [5.74, 6) is 0.118. The lowest BCUT2D eigenvalue weighted by Crippen LogP contribution is -2.60. The van der Waals surface area contributed by atoms with Gasteiger partial charge in [0.05, 0.1) is 5.54 Å². The standard InChI is InChI=1S/C18H38N6O2/c1-15(25)5-4-6-16(26)24-18(3)13-22-9-7-20-11-17(2,19)12-21-8-10-23-14-18/h20-23H,4-14,19H2,1-3H3,(H,24,26). The summed E-state index contributed by atoms with van der Waals surface area (Å²) in [6.45, 7) is 11.7. The molecule has 26 heavy (non-hydrogen) atoms. The lowest BCUT2D eigenvalue weighted by Gasteiger charge is -2.32. The van der Waals surface area contributed by atoms with Gasteiger partial charge in [-0.15, -0.1) is 0 Å². The number of nitrogens with two attached hydrogens (primary N) is 1. The number of rotatable bonds is 5. The van der Waals surface area contributed by atoms with Gasteiger partial charge in [0.15, 0.2) is 0 Å². The van der Waals surface area contributed by atoms with E-state index in [4.69, 9.17) is 5.73 Å². The van der Waals surface area contributed by atoms with Crippen LogP contribution in [0.25, 0.3) is 0 Å². The zero-order valence-corrected chi connectivity index (χ0v) is 16.7. The average Bonchev–Trinajstić information content (AvgIpc) is 2.53. The molecular weight excluding hydrogens is 332 g/mol. The molecule has 1 aliphatic rings. The molecule has 0 radical (unpaired) electrons. The van der Waals surface area contributed by atoms with Crippen molar-refractivity contribution in [2.75, 3.05) is 52.4 Å². The molecule has 0 aromatic heterocycles. The number of ketones is 1. The van der Waals surface area contributed by atoms with E-state index in [-0.39, 0.29) is 22.8 Å². The highest BCUT2D eigenvalue weighted by atomic mass is 16.1. The lowest BCUT2D eigenvalue weighted by molar-refractivity contribution is -0.123. The van der Waals surface area contributed by atoms with Crippen LogP contribution >= 0.6 is 0 Å². The maximum atomic E-state index is 12.2. The van der Waals surface area contributed by atoms with Crippen LogP contribution in [0.1, 0.15) is 40.0 Å². The van der Waals surface area contributed by atoms with Gasteiger partial charge in [0, 0.05) is 70.7 Å². The molecule has 1 fully saturated rings. The highest BCUT2D eigenvalue weighted by Crippen LogP contribution is 2.04. The van der Waals surface area contributed by atoms with E-state index in [1.807, 2.05) is 13.8 Å². The van der Waals surface area contributed by atoms with E-state index in [0.29, 0.717) is 32.4 Å². The van der Waals surface area contributed by atoms with Crippen molar-refractivity contribution in [2.24, 2.45) is 5.73 Å². The van der Waals surface area contributed by atoms with E-state index in [1.54, 1.807) is 6.92 Å². The van der Waals surface area contributed by atoms with E-state index >= 15 is 0 Å². The molecule has 0 saturated carbocycles. The van der Waals surface area contributed by atoms with Crippen LogP contribution in [-0.2, 0) is 9.59 Å². The van der Waals surface area contributed by atoms with Gasteiger partial charge < -0.3 is 37.1 Å². The molecule has 0 bridgehead atoms. The van der Waals surface area contributed by atoms with Gasteiger partial charge in [0.2, 0.25) is 5.91 Å². The third-order valence-corrected chi connectivity index (χ3v) is 4.42. The highest BCUT2D eigenvalue weighted by Gasteiger charge is 2.26. The molecule has 1 aliphatic heterocycles. The summed E-state index contributed by atoms with van der Waals surface area (Å²) in [6, 6.07) is 0. The van der Waals surface area contributed by atoms with Gasteiger partial charge in [-0.25, -0.2) is 0 Å². The first-order chi connectivity index (χ1) is 12.2. The van der Waals surface area contributed by atoms with Crippen molar-refractivity contribution in [1.82, 2.24) is 26.6 Å². The summed E-state index contributed by atoms with van der Waals surface area (Å²) >= 11 is 0. The minimum atomic E-state index is -0.375. The van der Waals surface area contributed by atoms with Crippen LogP contribution in [-0.4, -0.2) is 75.1 Å². The fourth-order valence-corrected chi connectivity index (χ4v) is 2.94. The van der Waals surface area contributed by atoms with Crippen LogP contribution < -0.4 is 32.3 Å². The smallest absolute Gasteiger partial charge is 0.220 e. The van der Waals surface area contributed by atoms with Gasteiger partial charge in [-0.3, -0.25) is 4.79 Å². The van der Waals surface area contributed by atoms with Gasteiger partial charge in [-0.1, -0.05) is 0 Å². The second-order valence-electron chi connectivity index (χ2n) is 8.03. The van der Waals surface area contributed by atoms with E-state index in [9.17, 15) is 9.59 Å². The van der Waals surface area contributed by atoms with Gasteiger partial charge in [0.1, 0.15) is 5.78 Å². The van der Waals surface area contributed by atoms with E-state index in [0.717, 1.165) is 39.3 Å². The molecule has 0 aliphatic carbocycles. The maximum Gasteiger partial charge on any atom is 0.220 e. The quantitative estimate of drug-likeness (QED) is 0.356. The van der Waals surface area contributed by atoms with Crippen molar-refractivity contribution in [2.45, 2.75) is 51.1 Å². The molecule has 1 heterocycles. The van der Waals surface area contributed by atoms with E-state index < -0.39 is 0 Å². The Kier molecular flexibility index (Phi) is 10.3. The molecule has 8 nitrogen and oxygen atoms in total. The molecule has 152 valence electrons. The first-order valence-corrected chi connectivity index (χ1v) is 9.65. The molecule has 0 aromatic carbocycles. The fraction of sp³-hybridized carbons (Fsp3) is 0.889. The van der Waals surface area contributed by atoms with Crippen molar-refractivity contribution in [1.29, 1.82) is 0 Å². The number of carbonyl (C=O) groups is 2. The number of amides is 1. The van der Waals surface area contributed by atoms with Crippen LogP contribution in [0.5, 0.6) is 0 Å². The number of hydrogen-bond donors (Lipinski definition) is 6. The van der Waals surface area contributed by atoms with Gasteiger partial charge in [-0.2, -0.15) is 0 Å². The van der Waals surface area contributed by atoms with Crippen molar-refractivity contribution >= 4 is 11.7 Å². The molecule has 0 spiro atoms. The Morgan fingerprint density at radius 3 is 1.81 bits per heavy atom. The normalized spacial score (nSPS) is 29.5. The minimum Gasteiger partial charge on any atom is -0.348 e. The van der Waals surface area contributed by atoms with Gasteiger partial charge in [0.25, 0.3) is 0 Å². The number of nitrogens with one attached hydrogen (secondary N) is 5. The second-order valence-corrected chi connectivity index (χ2v) is 8.03. The highest BCUT2D eigenvalue weighted by molar-refractivity contribution is 5.79. The SMILES string of the molecule is CC(=O)CCCC(=O)NC1(C)CNCCNCC(C)(N)CNCCNC1. The van der Waals surface area contributed by atoms with Crippen LogP contribution in [0.3, 0.4) is 0 Å². The van der Waals surface area contributed by atoms with Gasteiger partial charge >= 0.3 is 0 Å². The van der Waals surface area contributed by atoms with Crippen molar-refractivity contribution in [3.63, 3.8) is 0 Å². The summed E-state index contributed by atoms with van der Waals surface area (Å²) in [5, 5.41) is 16.7. The Balaban J connectivity index is 2.49. The van der Waals surface area contributed by atoms with Crippen LogP contribution in [0.2, 0.25) is 0 Å². The average molecular weight is 371 g/mol. The molecule has 1 amide bonds. The third-order valence-electron chi connectivity index (χ3n) is 4.42. The topological polar surface area (TPSA) is 120 Å². The van der Waals surface area contributed by atoms with Crippen molar-refractivity contribution < 1.29 is 9.59 Å². The molecular formula is C18H38N6O2. The van der Waals surface area contributed by atoms with E-state index in [2.05, 4.69) is 26.6 Å². The molecule has 0 unspecified atom stereocenters. The molecule has 0 aromatic rings. The number of hydrogen-bond acceptors (Lipinski definition) is 7. The van der Waals surface area contributed by atoms with Gasteiger partial charge in [-0.05, 0) is 27.2 Å². The molecule has 8 heteroatoms. The summed E-state index contributed by atoms with van der Waals surface area (Å²) in [7, 11) is 0. The van der Waals surface area contributed by atoms with Crippen LogP contribution in [0.4, 0.5) is 0 Å². The summed E-state index contributed by atoms with van der Waals surface area (Å²) in [4.78, 5) is 23.2. The van der Waals surface area contributed by atoms with E-state index in [1.165, 1.54) is 0 Å². The maximum absolute atomic E-state index is 12.2. The second kappa shape index (κ2) is 11.6. The Morgan fingerprint density at radius 1 is 0.885 bits per heavy atom. The zero-order valence-electron chi connectivity index (χ0n) is 16.7. The van der Waals surface area contributed by atoms with Crippen molar-refractivity contribution in [3.05, 3.63) is 0 Å². The largest absolute Gasteiger partial charge is 0.348 e. The summed E-state index contributed by atoms with van der Waals surface area (Å²) in [6.07, 6.45) is 1.44.